The van der Waals surface area contributed by atoms with E-state index >= 15 is 0 Å². The van der Waals surface area contributed by atoms with Crippen molar-refractivity contribution in [1.29, 1.82) is 0 Å². The van der Waals surface area contributed by atoms with E-state index in [0.717, 1.165) is 19.6 Å². The standard InChI is InChI=1S/C14H22N2.ClH/c1-14(2)8-9-16(11-13(14)15)10-12-6-4-3-5-7-12;/h3-7,13H,8-11,15H2,1-2H3;1H. The highest BCUT2D eigenvalue weighted by Crippen LogP contribution is 2.29. The number of nitrogens with zero attached hydrogens (tertiary/aromatic N) is 1. The quantitative estimate of drug-likeness (QED) is 0.879. The second-order valence-corrected chi connectivity index (χ2v) is 5.57. The molecule has 1 aromatic rings. The van der Waals surface area contributed by atoms with Crippen LogP contribution in [0, 0.1) is 5.41 Å². The maximum Gasteiger partial charge on any atom is 0.0234 e. The molecule has 1 unspecified atom stereocenters. The zero-order valence-corrected chi connectivity index (χ0v) is 11.5. The molecule has 17 heavy (non-hydrogen) atoms. The van der Waals surface area contributed by atoms with Crippen LogP contribution in [0.1, 0.15) is 25.8 Å². The van der Waals surface area contributed by atoms with Crippen LogP contribution in [0.4, 0.5) is 0 Å². The first-order valence-electron chi connectivity index (χ1n) is 6.10. The minimum Gasteiger partial charge on any atom is -0.326 e. The number of benzene rings is 1. The Hall–Kier alpha value is -0.570. The van der Waals surface area contributed by atoms with Crippen molar-refractivity contribution >= 4 is 12.4 Å². The number of halogens is 1. The largest absolute Gasteiger partial charge is 0.326 e. The van der Waals surface area contributed by atoms with Crippen LogP contribution >= 0.6 is 12.4 Å². The van der Waals surface area contributed by atoms with E-state index in [-0.39, 0.29) is 12.4 Å². The van der Waals surface area contributed by atoms with Crippen molar-refractivity contribution in [2.75, 3.05) is 13.1 Å². The molecule has 96 valence electrons. The molecule has 1 heterocycles. The lowest BCUT2D eigenvalue weighted by Gasteiger charge is -2.42. The number of rotatable bonds is 2. The van der Waals surface area contributed by atoms with Crippen LogP contribution in [-0.2, 0) is 6.54 Å². The molecule has 1 saturated heterocycles. The Bertz CT molecular complexity index is 337. The number of nitrogens with two attached hydrogens (primary N) is 1. The van der Waals surface area contributed by atoms with Crippen LogP contribution in [0.2, 0.25) is 0 Å². The second kappa shape index (κ2) is 5.85. The maximum absolute atomic E-state index is 6.21. The molecular weight excluding hydrogens is 232 g/mol. The Morgan fingerprint density at radius 1 is 1.29 bits per heavy atom. The van der Waals surface area contributed by atoms with Crippen LogP contribution in [0.5, 0.6) is 0 Å². The van der Waals surface area contributed by atoms with Gasteiger partial charge in [-0.1, -0.05) is 44.2 Å². The van der Waals surface area contributed by atoms with Crippen LogP contribution < -0.4 is 5.73 Å². The Labute approximate surface area is 111 Å². The van der Waals surface area contributed by atoms with Crippen LogP contribution in [0.3, 0.4) is 0 Å². The smallest absolute Gasteiger partial charge is 0.0234 e. The van der Waals surface area contributed by atoms with E-state index in [9.17, 15) is 0 Å². The molecule has 0 saturated carbocycles. The number of piperidine rings is 1. The number of hydrogen-bond donors (Lipinski definition) is 1. The van der Waals surface area contributed by atoms with Crippen molar-refractivity contribution in [2.45, 2.75) is 32.9 Å². The SMILES string of the molecule is CC1(C)CCN(Cc2ccccc2)CC1N.Cl. The van der Waals surface area contributed by atoms with Crippen LogP contribution in [-0.4, -0.2) is 24.0 Å². The van der Waals surface area contributed by atoms with E-state index in [0.29, 0.717) is 11.5 Å². The molecule has 0 radical (unpaired) electrons. The summed E-state index contributed by atoms with van der Waals surface area (Å²) in [6.07, 6.45) is 1.20. The van der Waals surface area contributed by atoms with Gasteiger partial charge in [0.2, 0.25) is 0 Å². The third-order valence-corrected chi connectivity index (χ3v) is 3.78. The molecule has 0 spiro atoms. The lowest BCUT2D eigenvalue weighted by molar-refractivity contribution is 0.101. The first-order chi connectivity index (χ1) is 7.58. The summed E-state index contributed by atoms with van der Waals surface area (Å²) >= 11 is 0. The van der Waals surface area contributed by atoms with Gasteiger partial charge in [-0.2, -0.15) is 0 Å². The van der Waals surface area contributed by atoms with Crippen molar-refractivity contribution in [3.8, 4) is 0 Å². The van der Waals surface area contributed by atoms with Crippen LogP contribution in [0.25, 0.3) is 0 Å². The van der Waals surface area contributed by atoms with Crippen molar-refractivity contribution < 1.29 is 0 Å². The lowest BCUT2D eigenvalue weighted by atomic mass is 9.78. The van der Waals surface area contributed by atoms with Crippen LogP contribution in [0.15, 0.2) is 30.3 Å². The average molecular weight is 255 g/mol. The van der Waals surface area contributed by atoms with Crippen molar-refractivity contribution in [3.63, 3.8) is 0 Å². The van der Waals surface area contributed by atoms with Gasteiger partial charge in [0.1, 0.15) is 0 Å². The minimum atomic E-state index is 0. The van der Waals surface area contributed by atoms with E-state index in [4.69, 9.17) is 5.73 Å². The second-order valence-electron chi connectivity index (χ2n) is 5.57. The molecule has 0 amide bonds. The fraction of sp³-hybridized carbons (Fsp3) is 0.571. The van der Waals surface area contributed by atoms with Gasteiger partial charge in [-0.05, 0) is 23.9 Å². The molecule has 0 bridgehead atoms. The van der Waals surface area contributed by atoms with Gasteiger partial charge in [0.15, 0.2) is 0 Å². The lowest BCUT2D eigenvalue weighted by Crippen LogP contribution is -2.52. The van der Waals surface area contributed by atoms with Gasteiger partial charge in [0.05, 0.1) is 0 Å². The summed E-state index contributed by atoms with van der Waals surface area (Å²) in [5.41, 5.74) is 7.90. The minimum absolute atomic E-state index is 0. The van der Waals surface area contributed by atoms with Gasteiger partial charge in [-0.15, -0.1) is 12.4 Å². The van der Waals surface area contributed by atoms with Gasteiger partial charge in [-0.3, -0.25) is 4.90 Å². The summed E-state index contributed by atoms with van der Waals surface area (Å²) in [7, 11) is 0. The van der Waals surface area contributed by atoms with Gasteiger partial charge < -0.3 is 5.73 Å². The molecule has 0 aliphatic carbocycles. The summed E-state index contributed by atoms with van der Waals surface area (Å²) < 4.78 is 0. The Morgan fingerprint density at radius 2 is 1.94 bits per heavy atom. The highest BCUT2D eigenvalue weighted by Gasteiger charge is 2.32. The zero-order chi connectivity index (χ0) is 11.6. The predicted octanol–water partition coefficient (Wildman–Crippen LogP) is 2.67. The molecule has 1 aromatic carbocycles. The fourth-order valence-electron chi connectivity index (χ4n) is 2.23. The molecule has 1 atom stereocenters. The highest BCUT2D eigenvalue weighted by molar-refractivity contribution is 5.85. The molecular formula is C14H23ClN2. The van der Waals surface area contributed by atoms with E-state index in [1.165, 1.54) is 12.0 Å². The van der Waals surface area contributed by atoms with E-state index < -0.39 is 0 Å². The summed E-state index contributed by atoms with van der Waals surface area (Å²) in [5, 5.41) is 0. The number of hydrogen-bond acceptors (Lipinski definition) is 2. The topological polar surface area (TPSA) is 29.3 Å². The summed E-state index contributed by atoms with van der Waals surface area (Å²) in [6.45, 7) is 7.76. The molecule has 2 nitrogen and oxygen atoms in total. The predicted molar refractivity (Wildman–Crippen MR) is 75.3 cm³/mol. The molecule has 2 N–H and O–H groups in total. The van der Waals surface area contributed by atoms with E-state index in [2.05, 4.69) is 49.1 Å². The fourth-order valence-corrected chi connectivity index (χ4v) is 2.23. The molecule has 1 aliphatic heterocycles. The summed E-state index contributed by atoms with van der Waals surface area (Å²) in [4.78, 5) is 2.46. The Balaban J connectivity index is 0.00000144. The van der Waals surface area contributed by atoms with Gasteiger partial charge >= 0.3 is 0 Å². The van der Waals surface area contributed by atoms with Gasteiger partial charge in [-0.25, -0.2) is 0 Å². The first-order valence-corrected chi connectivity index (χ1v) is 6.10. The summed E-state index contributed by atoms with van der Waals surface area (Å²) in [5.74, 6) is 0. The monoisotopic (exact) mass is 254 g/mol. The molecule has 1 fully saturated rings. The van der Waals surface area contributed by atoms with Gasteiger partial charge in [0, 0.05) is 19.1 Å². The summed E-state index contributed by atoms with van der Waals surface area (Å²) in [6, 6.07) is 10.9. The highest BCUT2D eigenvalue weighted by atomic mass is 35.5. The first kappa shape index (κ1) is 14.5. The third kappa shape index (κ3) is 3.70. The van der Waals surface area contributed by atoms with Crippen molar-refractivity contribution in [1.82, 2.24) is 4.90 Å². The van der Waals surface area contributed by atoms with Crippen molar-refractivity contribution in [2.24, 2.45) is 11.1 Å². The molecule has 3 heteroatoms. The number of likely N-dealkylation sites (tertiary alicyclic amines) is 1. The normalized spacial score (nSPS) is 24.1. The Morgan fingerprint density at radius 3 is 2.53 bits per heavy atom. The third-order valence-electron chi connectivity index (χ3n) is 3.78. The molecule has 1 aliphatic rings. The maximum atomic E-state index is 6.21. The zero-order valence-electron chi connectivity index (χ0n) is 10.7. The Kier molecular flexibility index (Phi) is 4.99. The van der Waals surface area contributed by atoms with E-state index in [1.807, 2.05) is 0 Å². The molecule has 0 aromatic heterocycles. The molecule has 2 rings (SSSR count). The van der Waals surface area contributed by atoms with E-state index in [1.54, 1.807) is 0 Å². The average Bonchev–Trinajstić information content (AvgIpc) is 2.26. The van der Waals surface area contributed by atoms with Gasteiger partial charge in [0.25, 0.3) is 0 Å². The van der Waals surface area contributed by atoms with Crippen molar-refractivity contribution in [3.05, 3.63) is 35.9 Å².